The number of amides is 2. The molecule has 1 aliphatic heterocycles. The lowest BCUT2D eigenvalue weighted by Crippen LogP contribution is -2.42. The van der Waals surface area contributed by atoms with Gasteiger partial charge in [0.25, 0.3) is 0 Å². The van der Waals surface area contributed by atoms with Gasteiger partial charge in [-0.15, -0.1) is 0 Å². The molecule has 0 spiro atoms. The fourth-order valence-corrected chi connectivity index (χ4v) is 3.16. The zero-order valence-corrected chi connectivity index (χ0v) is 16.0. The molecule has 2 aromatic rings. The van der Waals surface area contributed by atoms with Crippen molar-refractivity contribution in [3.8, 4) is 0 Å². The zero-order chi connectivity index (χ0) is 19.4. The summed E-state index contributed by atoms with van der Waals surface area (Å²) < 4.78 is 4.86. The Morgan fingerprint density at radius 3 is 2.74 bits per heavy atom. The number of alkyl carbamates (subject to hydrolysis) is 1. The molecule has 0 bridgehead atoms. The maximum Gasteiger partial charge on any atom is 0.408 e. The molecule has 3 rings (SSSR count). The summed E-state index contributed by atoms with van der Waals surface area (Å²) in [7, 11) is 0. The third-order valence-corrected chi connectivity index (χ3v) is 4.53. The number of fused-ring (bicyclic) bond motifs is 1. The average Bonchev–Trinajstić information content (AvgIpc) is 2.77. The molecular formula is C19H17Cl2N3O3. The van der Waals surface area contributed by atoms with Gasteiger partial charge in [-0.3, -0.25) is 14.7 Å². The minimum absolute atomic E-state index is 0.0440. The standard InChI is InChI=1S/C19H17Cl2N3O3/c1-2-27-19(26)23-11-24-16-8-7-12(20)9-14(16)18(22-10-17(24)25)13-5-3-4-6-15(13)21/h3-9H,2,10-11H2,1H3,(H,23,26). The highest BCUT2D eigenvalue weighted by molar-refractivity contribution is 6.37. The van der Waals surface area contributed by atoms with Crippen LogP contribution in [-0.4, -0.2) is 37.5 Å². The van der Waals surface area contributed by atoms with E-state index in [0.717, 1.165) is 0 Å². The largest absolute Gasteiger partial charge is 0.450 e. The third-order valence-electron chi connectivity index (χ3n) is 3.96. The monoisotopic (exact) mass is 405 g/mol. The molecule has 0 aliphatic carbocycles. The van der Waals surface area contributed by atoms with Gasteiger partial charge in [0, 0.05) is 21.2 Å². The molecule has 0 atom stereocenters. The van der Waals surface area contributed by atoms with Gasteiger partial charge in [0.05, 0.1) is 18.0 Å². The van der Waals surface area contributed by atoms with Crippen molar-refractivity contribution in [2.24, 2.45) is 4.99 Å². The van der Waals surface area contributed by atoms with Crippen LogP contribution in [0.3, 0.4) is 0 Å². The first-order chi connectivity index (χ1) is 13.0. The van der Waals surface area contributed by atoms with Crippen LogP contribution < -0.4 is 10.2 Å². The molecule has 2 aromatic carbocycles. The molecule has 8 heteroatoms. The predicted octanol–water partition coefficient (Wildman–Crippen LogP) is 3.88. The molecule has 27 heavy (non-hydrogen) atoms. The summed E-state index contributed by atoms with van der Waals surface area (Å²) in [6, 6.07) is 12.4. The van der Waals surface area contributed by atoms with Crippen molar-refractivity contribution in [3.05, 3.63) is 63.6 Å². The Hall–Kier alpha value is -2.57. The van der Waals surface area contributed by atoms with E-state index in [1.165, 1.54) is 4.90 Å². The summed E-state index contributed by atoms with van der Waals surface area (Å²) in [6.07, 6.45) is -0.600. The lowest BCUT2D eigenvalue weighted by Gasteiger charge is -2.23. The number of halogens is 2. The van der Waals surface area contributed by atoms with Crippen LogP contribution in [0.1, 0.15) is 18.1 Å². The number of hydrogen-bond acceptors (Lipinski definition) is 4. The van der Waals surface area contributed by atoms with Crippen molar-refractivity contribution in [1.82, 2.24) is 5.32 Å². The fourth-order valence-electron chi connectivity index (χ4n) is 2.77. The predicted molar refractivity (Wildman–Crippen MR) is 106 cm³/mol. The highest BCUT2D eigenvalue weighted by Gasteiger charge is 2.26. The molecule has 0 saturated carbocycles. The summed E-state index contributed by atoms with van der Waals surface area (Å²) in [4.78, 5) is 30.2. The van der Waals surface area contributed by atoms with Gasteiger partial charge < -0.3 is 10.1 Å². The van der Waals surface area contributed by atoms with Gasteiger partial charge in [-0.05, 0) is 31.2 Å². The minimum Gasteiger partial charge on any atom is -0.450 e. The first-order valence-corrected chi connectivity index (χ1v) is 9.07. The van der Waals surface area contributed by atoms with Crippen LogP contribution in [0.15, 0.2) is 47.5 Å². The molecule has 0 fully saturated rings. The molecule has 1 aliphatic rings. The van der Waals surface area contributed by atoms with E-state index in [0.29, 0.717) is 32.6 Å². The van der Waals surface area contributed by atoms with E-state index in [9.17, 15) is 9.59 Å². The normalized spacial score (nSPS) is 13.5. The summed E-state index contributed by atoms with van der Waals surface area (Å²) in [5, 5.41) is 3.59. The number of hydrogen-bond donors (Lipinski definition) is 1. The summed E-state index contributed by atoms with van der Waals surface area (Å²) >= 11 is 12.5. The number of carbonyl (C=O) groups excluding carboxylic acids is 2. The third kappa shape index (κ3) is 4.23. The molecular weight excluding hydrogens is 389 g/mol. The second-order valence-corrected chi connectivity index (χ2v) is 6.53. The van der Waals surface area contributed by atoms with Gasteiger partial charge in [0.15, 0.2) is 0 Å². The Balaban J connectivity index is 2.03. The van der Waals surface area contributed by atoms with E-state index in [4.69, 9.17) is 27.9 Å². The van der Waals surface area contributed by atoms with E-state index in [-0.39, 0.29) is 25.7 Å². The van der Waals surface area contributed by atoms with Crippen LogP contribution >= 0.6 is 23.2 Å². The number of nitrogens with one attached hydrogen (secondary N) is 1. The van der Waals surface area contributed by atoms with Crippen molar-refractivity contribution < 1.29 is 14.3 Å². The van der Waals surface area contributed by atoms with Crippen LogP contribution in [0, 0.1) is 0 Å². The van der Waals surface area contributed by atoms with Crippen molar-refractivity contribution in [2.75, 3.05) is 24.7 Å². The molecule has 6 nitrogen and oxygen atoms in total. The van der Waals surface area contributed by atoms with Crippen LogP contribution in [0.25, 0.3) is 0 Å². The number of benzene rings is 2. The average molecular weight is 406 g/mol. The number of benzodiazepines with no additional fused rings is 1. The maximum atomic E-state index is 12.7. The molecule has 1 heterocycles. The highest BCUT2D eigenvalue weighted by atomic mass is 35.5. The molecule has 0 radical (unpaired) electrons. The van der Waals surface area contributed by atoms with E-state index in [2.05, 4.69) is 10.3 Å². The van der Waals surface area contributed by atoms with Crippen LogP contribution in [0.4, 0.5) is 10.5 Å². The van der Waals surface area contributed by atoms with Gasteiger partial charge in [0.1, 0.15) is 13.2 Å². The quantitative estimate of drug-likeness (QED) is 0.838. The Kier molecular flexibility index (Phi) is 5.98. The second-order valence-electron chi connectivity index (χ2n) is 5.68. The van der Waals surface area contributed by atoms with Gasteiger partial charge >= 0.3 is 6.09 Å². The Labute approximate surface area is 166 Å². The number of ether oxygens (including phenoxy) is 1. The summed E-state index contributed by atoms with van der Waals surface area (Å²) in [6.45, 7) is 1.82. The second kappa shape index (κ2) is 8.41. The van der Waals surface area contributed by atoms with Crippen molar-refractivity contribution in [2.45, 2.75) is 6.92 Å². The molecule has 1 N–H and O–H groups in total. The molecule has 2 amide bonds. The SMILES string of the molecule is CCOC(=O)NCN1C(=O)CN=C(c2ccccc2Cl)c2cc(Cl)ccc21. The van der Waals surface area contributed by atoms with Crippen LogP contribution in [0.2, 0.25) is 10.0 Å². The highest BCUT2D eigenvalue weighted by Crippen LogP contribution is 2.31. The van der Waals surface area contributed by atoms with Gasteiger partial charge in [-0.1, -0.05) is 41.4 Å². The minimum atomic E-state index is -0.600. The van der Waals surface area contributed by atoms with E-state index in [1.54, 1.807) is 31.2 Å². The lowest BCUT2D eigenvalue weighted by atomic mass is 10.00. The molecule has 140 valence electrons. The zero-order valence-electron chi connectivity index (χ0n) is 14.5. The first kappa shape index (κ1) is 19.2. The van der Waals surface area contributed by atoms with Crippen molar-refractivity contribution >= 4 is 46.6 Å². The number of nitrogens with zero attached hydrogens (tertiary/aromatic N) is 2. The number of rotatable bonds is 4. The maximum absolute atomic E-state index is 12.7. The van der Waals surface area contributed by atoms with Gasteiger partial charge in [0.2, 0.25) is 5.91 Å². The van der Waals surface area contributed by atoms with Crippen molar-refractivity contribution in [3.63, 3.8) is 0 Å². The molecule has 0 unspecified atom stereocenters. The van der Waals surface area contributed by atoms with Crippen molar-refractivity contribution in [1.29, 1.82) is 0 Å². The number of aliphatic imine (C=N–C) groups is 1. The topological polar surface area (TPSA) is 71.0 Å². The Bertz CT molecular complexity index is 915. The van der Waals surface area contributed by atoms with E-state index >= 15 is 0 Å². The molecule has 0 saturated heterocycles. The van der Waals surface area contributed by atoms with Gasteiger partial charge in [-0.25, -0.2) is 4.79 Å². The van der Waals surface area contributed by atoms with Crippen LogP contribution in [0.5, 0.6) is 0 Å². The summed E-state index contributed by atoms with van der Waals surface area (Å²) in [5.74, 6) is -0.266. The lowest BCUT2D eigenvalue weighted by molar-refractivity contribution is -0.117. The Morgan fingerprint density at radius 1 is 1.22 bits per heavy atom. The number of anilines is 1. The van der Waals surface area contributed by atoms with E-state index in [1.807, 2.05) is 18.2 Å². The first-order valence-electron chi connectivity index (χ1n) is 8.31. The Morgan fingerprint density at radius 2 is 2.00 bits per heavy atom. The fraction of sp³-hybridized carbons (Fsp3) is 0.211. The van der Waals surface area contributed by atoms with Gasteiger partial charge in [-0.2, -0.15) is 0 Å². The smallest absolute Gasteiger partial charge is 0.408 e. The molecule has 0 aromatic heterocycles. The number of carbonyl (C=O) groups is 2. The van der Waals surface area contributed by atoms with E-state index < -0.39 is 6.09 Å². The van der Waals surface area contributed by atoms with Crippen LogP contribution in [-0.2, 0) is 9.53 Å². The summed E-state index contributed by atoms with van der Waals surface area (Å²) in [5.41, 5.74) is 2.52.